The molecular formula is C20H16Cl2N2O2. The third-order valence-electron chi connectivity index (χ3n) is 4.70. The number of para-hydroxylation sites is 1. The number of nitrogens with zero attached hydrogens (tertiary/aromatic N) is 2. The molecule has 0 unspecified atom stereocenters. The van der Waals surface area contributed by atoms with Crippen molar-refractivity contribution in [2.24, 2.45) is 0 Å². The van der Waals surface area contributed by atoms with Gasteiger partial charge >= 0.3 is 0 Å². The molecule has 4 nitrogen and oxygen atoms in total. The summed E-state index contributed by atoms with van der Waals surface area (Å²) in [5.41, 5.74) is 1.87. The zero-order valence-corrected chi connectivity index (χ0v) is 15.4. The largest absolute Gasteiger partial charge is 0.366 e. The van der Waals surface area contributed by atoms with Crippen molar-refractivity contribution in [1.29, 1.82) is 0 Å². The van der Waals surface area contributed by atoms with Crippen LogP contribution in [0.15, 0.2) is 54.2 Å². The molecule has 2 heterocycles. The number of rotatable bonds is 3. The summed E-state index contributed by atoms with van der Waals surface area (Å²) in [4.78, 5) is 29.7. The smallest absolute Gasteiger partial charge is 0.282 e. The minimum Gasteiger partial charge on any atom is -0.366 e. The van der Waals surface area contributed by atoms with E-state index in [2.05, 4.69) is 0 Å². The number of imide groups is 1. The van der Waals surface area contributed by atoms with Crippen LogP contribution in [0.2, 0.25) is 10.0 Å². The van der Waals surface area contributed by atoms with Crippen molar-refractivity contribution < 1.29 is 9.59 Å². The van der Waals surface area contributed by atoms with E-state index in [9.17, 15) is 9.59 Å². The van der Waals surface area contributed by atoms with Crippen LogP contribution in [0.3, 0.4) is 0 Å². The van der Waals surface area contributed by atoms with Crippen molar-refractivity contribution in [1.82, 2.24) is 4.90 Å². The molecule has 1 fully saturated rings. The van der Waals surface area contributed by atoms with Gasteiger partial charge in [-0.15, -0.1) is 0 Å². The van der Waals surface area contributed by atoms with Gasteiger partial charge in [0, 0.05) is 23.7 Å². The molecule has 2 aromatic rings. The summed E-state index contributed by atoms with van der Waals surface area (Å²) in [5, 5.41) is 0.846. The van der Waals surface area contributed by atoms with E-state index in [4.69, 9.17) is 23.2 Å². The predicted octanol–water partition coefficient (Wildman–Crippen LogP) is 4.37. The van der Waals surface area contributed by atoms with Crippen molar-refractivity contribution in [3.05, 3.63) is 69.8 Å². The van der Waals surface area contributed by atoms with Gasteiger partial charge in [0.25, 0.3) is 11.8 Å². The highest BCUT2D eigenvalue weighted by Crippen LogP contribution is 2.38. The lowest BCUT2D eigenvalue weighted by atomic mass is 10.0. The highest BCUT2D eigenvalue weighted by atomic mass is 35.5. The quantitative estimate of drug-likeness (QED) is 0.735. The fourth-order valence-electron chi connectivity index (χ4n) is 3.50. The third kappa shape index (κ3) is 2.79. The summed E-state index contributed by atoms with van der Waals surface area (Å²) in [7, 11) is 0. The summed E-state index contributed by atoms with van der Waals surface area (Å²) in [6.45, 7) is 1.51. The molecule has 2 aliphatic rings. The predicted molar refractivity (Wildman–Crippen MR) is 103 cm³/mol. The van der Waals surface area contributed by atoms with Gasteiger partial charge in [0.15, 0.2) is 0 Å². The maximum atomic E-state index is 13.3. The van der Waals surface area contributed by atoms with Crippen molar-refractivity contribution in [2.45, 2.75) is 12.8 Å². The van der Waals surface area contributed by atoms with Crippen LogP contribution < -0.4 is 4.90 Å². The second-order valence-corrected chi connectivity index (χ2v) is 7.17. The van der Waals surface area contributed by atoms with Gasteiger partial charge in [-0.1, -0.05) is 47.5 Å². The van der Waals surface area contributed by atoms with Gasteiger partial charge in [-0.25, -0.2) is 4.90 Å². The van der Waals surface area contributed by atoms with Crippen LogP contribution >= 0.6 is 23.2 Å². The standard InChI is InChI=1S/C20H16Cl2N2O2/c21-13-8-9-15(16(22)12-13)17-18(23-10-4-5-11-23)20(26)24(19(17)25)14-6-2-1-3-7-14/h1-3,6-9,12H,4-5,10-11H2. The number of hydrogen-bond donors (Lipinski definition) is 0. The van der Waals surface area contributed by atoms with Crippen LogP contribution in [0.25, 0.3) is 5.57 Å². The van der Waals surface area contributed by atoms with E-state index in [1.165, 1.54) is 4.90 Å². The molecule has 0 N–H and O–H groups in total. The van der Waals surface area contributed by atoms with Crippen molar-refractivity contribution in [3.8, 4) is 0 Å². The maximum absolute atomic E-state index is 13.3. The minimum atomic E-state index is -0.354. The Kier molecular flexibility index (Phi) is 4.47. The number of halogens is 2. The first-order chi connectivity index (χ1) is 12.6. The van der Waals surface area contributed by atoms with Crippen LogP contribution in [0.4, 0.5) is 5.69 Å². The van der Waals surface area contributed by atoms with E-state index in [0.29, 0.717) is 32.6 Å². The van der Waals surface area contributed by atoms with Crippen LogP contribution in [0.5, 0.6) is 0 Å². The van der Waals surface area contributed by atoms with Crippen LogP contribution in [-0.4, -0.2) is 29.8 Å². The molecule has 0 radical (unpaired) electrons. The molecule has 0 atom stereocenters. The van der Waals surface area contributed by atoms with Gasteiger partial charge < -0.3 is 4.90 Å². The van der Waals surface area contributed by atoms with Crippen molar-refractivity contribution in [3.63, 3.8) is 0 Å². The molecule has 26 heavy (non-hydrogen) atoms. The van der Waals surface area contributed by atoms with Crippen LogP contribution in [-0.2, 0) is 9.59 Å². The summed E-state index contributed by atoms with van der Waals surface area (Å²) in [5.74, 6) is -0.656. The molecule has 0 bridgehead atoms. The monoisotopic (exact) mass is 386 g/mol. The second-order valence-electron chi connectivity index (χ2n) is 6.32. The lowest BCUT2D eigenvalue weighted by Gasteiger charge is -2.20. The first-order valence-corrected chi connectivity index (χ1v) is 9.22. The Bertz CT molecular complexity index is 919. The Morgan fingerprint density at radius 1 is 0.846 bits per heavy atom. The number of carbonyl (C=O) groups excluding carboxylic acids is 2. The molecule has 4 rings (SSSR count). The third-order valence-corrected chi connectivity index (χ3v) is 5.24. The second kappa shape index (κ2) is 6.78. The highest BCUT2D eigenvalue weighted by Gasteiger charge is 2.43. The number of carbonyl (C=O) groups is 2. The van der Waals surface area contributed by atoms with Crippen molar-refractivity contribution in [2.75, 3.05) is 18.0 Å². The van der Waals surface area contributed by atoms with Crippen molar-refractivity contribution >= 4 is 46.3 Å². The van der Waals surface area contributed by atoms with Gasteiger partial charge in [0.05, 0.1) is 16.3 Å². The topological polar surface area (TPSA) is 40.6 Å². The maximum Gasteiger partial charge on any atom is 0.282 e. The summed E-state index contributed by atoms with van der Waals surface area (Å²) < 4.78 is 0. The normalized spacial score (nSPS) is 17.6. The minimum absolute atomic E-state index is 0.302. The Morgan fingerprint density at radius 3 is 2.19 bits per heavy atom. The zero-order valence-electron chi connectivity index (χ0n) is 13.9. The molecule has 1 saturated heterocycles. The van der Waals surface area contributed by atoms with E-state index >= 15 is 0 Å². The number of amides is 2. The van der Waals surface area contributed by atoms with Gasteiger partial charge in [-0.3, -0.25) is 9.59 Å². The van der Waals surface area contributed by atoms with Gasteiger partial charge in [-0.2, -0.15) is 0 Å². The lowest BCUT2D eigenvalue weighted by molar-refractivity contribution is -0.120. The van der Waals surface area contributed by atoms with E-state index in [0.717, 1.165) is 25.9 Å². The molecule has 2 amide bonds. The number of likely N-dealkylation sites (tertiary alicyclic amines) is 1. The van der Waals surface area contributed by atoms with Gasteiger partial charge in [0.2, 0.25) is 0 Å². The Hall–Kier alpha value is -2.30. The Balaban J connectivity index is 1.88. The van der Waals surface area contributed by atoms with E-state index in [1.54, 1.807) is 42.5 Å². The summed E-state index contributed by atoms with van der Waals surface area (Å²) >= 11 is 12.4. The van der Waals surface area contributed by atoms with Crippen LogP contribution in [0, 0.1) is 0 Å². The van der Waals surface area contributed by atoms with Gasteiger partial charge in [-0.05, 0) is 37.1 Å². The van der Waals surface area contributed by atoms with Gasteiger partial charge in [0.1, 0.15) is 5.70 Å². The molecule has 0 saturated carbocycles. The molecule has 2 aliphatic heterocycles. The first kappa shape index (κ1) is 17.1. The fourth-order valence-corrected chi connectivity index (χ4v) is 4.00. The summed E-state index contributed by atoms with van der Waals surface area (Å²) in [6.07, 6.45) is 2.00. The first-order valence-electron chi connectivity index (χ1n) is 8.46. The molecule has 2 aromatic carbocycles. The number of benzene rings is 2. The highest BCUT2D eigenvalue weighted by molar-refractivity contribution is 6.47. The summed E-state index contributed by atoms with van der Waals surface area (Å²) in [6, 6.07) is 13.9. The molecule has 0 aliphatic carbocycles. The SMILES string of the molecule is O=C1C(c2ccc(Cl)cc2Cl)=C(N2CCCC2)C(=O)N1c1ccccc1. The molecule has 132 valence electrons. The molecular weight excluding hydrogens is 371 g/mol. The molecule has 0 spiro atoms. The molecule has 6 heteroatoms. The Labute approximate surface area is 161 Å². The lowest BCUT2D eigenvalue weighted by Crippen LogP contribution is -2.34. The van der Waals surface area contributed by atoms with E-state index in [-0.39, 0.29) is 11.8 Å². The van der Waals surface area contributed by atoms with Crippen LogP contribution in [0.1, 0.15) is 18.4 Å². The average Bonchev–Trinajstić information content (AvgIpc) is 3.22. The number of anilines is 1. The molecule has 0 aromatic heterocycles. The van der Waals surface area contributed by atoms with E-state index < -0.39 is 0 Å². The fraction of sp³-hybridized carbons (Fsp3) is 0.200. The zero-order chi connectivity index (χ0) is 18.3. The Morgan fingerprint density at radius 2 is 1.54 bits per heavy atom. The average molecular weight is 387 g/mol. The van der Waals surface area contributed by atoms with E-state index in [1.807, 2.05) is 11.0 Å². The number of hydrogen-bond acceptors (Lipinski definition) is 3.